The Bertz CT molecular complexity index is 904. The van der Waals surface area contributed by atoms with Crippen LogP contribution in [-0.2, 0) is 6.42 Å². The van der Waals surface area contributed by atoms with Gasteiger partial charge in [0, 0.05) is 12.2 Å². The summed E-state index contributed by atoms with van der Waals surface area (Å²) >= 11 is 0. The number of fused-ring (bicyclic) bond motifs is 4. The fraction of sp³-hybridized carbons (Fsp3) is 0.176. The second-order valence-corrected chi connectivity index (χ2v) is 5.68. The molecular weight excluding hydrogens is 301 g/mol. The number of halogens is 1. The Morgan fingerprint density at radius 1 is 0.957 bits per heavy atom. The average Bonchev–Trinajstić information content (AvgIpc) is 2.53. The number of aromatic hydroxyl groups is 2. The molecule has 1 aliphatic carbocycles. The fourth-order valence-electron chi connectivity index (χ4n) is 3.33. The van der Waals surface area contributed by atoms with Gasteiger partial charge in [-0.2, -0.15) is 0 Å². The first-order valence-electron chi connectivity index (χ1n) is 7.24. The van der Waals surface area contributed by atoms with E-state index in [9.17, 15) is 24.2 Å². The Balaban J connectivity index is 2.10. The van der Waals surface area contributed by atoms with Gasteiger partial charge in [0.1, 0.15) is 17.3 Å². The number of rotatable bonds is 0. The van der Waals surface area contributed by atoms with Crippen LogP contribution in [0.1, 0.15) is 43.8 Å². The molecule has 4 rings (SSSR count). The molecule has 0 unspecified atom stereocenters. The number of carbonyl (C=O) groups is 2. The van der Waals surface area contributed by atoms with E-state index in [-0.39, 0.29) is 22.3 Å². The first-order chi connectivity index (χ1) is 11.0. The van der Waals surface area contributed by atoms with Crippen molar-refractivity contribution in [2.45, 2.75) is 12.8 Å². The molecule has 1 aliphatic heterocycles. The van der Waals surface area contributed by atoms with Gasteiger partial charge in [-0.1, -0.05) is 0 Å². The third-order valence-corrected chi connectivity index (χ3v) is 4.36. The number of carbonyl (C=O) groups excluding carboxylic acids is 2. The highest BCUT2D eigenvalue weighted by atomic mass is 19.1. The lowest BCUT2D eigenvalue weighted by Crippen LogP contribution is -2.27. The zero-order chi connectivity index (χ0) is 16.3. The summed E-state index contributed by atoms with van der Waals surface area (Å²) in [4.78, 5) is 25.5. The number of anilines is 1. The molecule has 2 aromatic rings. The van der Waals surface area contributed by atoms with Crippen molar-refractivity contribution in [3.05, 3.63) is 51.8 Å². The third kappa shape index (κ3) is 1.72. The summed E-state index contributed by atoms with van der Waals surface area (Å²) < 4.78 is 14.5. The van der Waals surface area contributed by atoms with E-state index in [0.29, 0.717) is 24.2 Å². The monoisotopic (exact) mass is 313 g/mol. The maximum atomic E-state index is 14.5. The van der Waals surface area contributed by atoms with Crippen molar-refractivity contribution in [1.82, 2.24) is 0 Å². The van der Waals surface area contributed by atoms with Gasteiger partial charge in [0.25, 0.3) is 0 Å². The standard InChI is InChI=1S/C17H12FNO4/c18-8-6-7-2-1-5-19-15(7)14-11(8)16(22)12-9(20)3-4-10(21)13(12)17(14)23/h3-4,6,19-21H,1-2,5H2. The van der Waals surface area contributed by atoms with E-state index in [1.807, 2.05) is 0 Å². The summed E-state index contributed by atoms with van der Waals surface area (Å²) in [5.74, 6) is -3.10. The van der Waals surface area contributed by atoms with Gasteiger partial charge in [-0.05, 0) is 36.6 Å². The molecule has 2 aliphatic rings. The van der Waals surface area contributed by atoms with Crippen LogP contribution in [0.5, 0.6) is 11.5 Å². The molecule has 0 saturated carbocycles. The van der Waals surface area contributed by atoms with E-state index in [1.165, 1.54) is 6.07 Å². The number of hydrogen-bond acceptors (Lipinski definition) is 5. The molecule has 3 N–H and O–H groups in total. The first-order valence-corrected chi connectivity index (χ1v) is 7.24. The van der Waals surface area contributed by atoms with Crippen LogP contribution in [0.25, 0.3) is 0 Å². The van der Waals surface area contributed by atoms with Gasteiger partial charge in [0.05, 0.1) is 22.3 Å². The Hall–Kier alpha value is -2.89. The molecule has 2 aromatic carbocycles. The molecule has 23 heavy (non-hydrogen) atoms. The minimum absolute atomic E-state index is 0.0573. The Morgan fingerprint density at radius 2 is 1.57 bits per heavy atom. The minimum atomic E-state index is -0.796. The minimum Gasteiger partial charge on any atom is -0.507 e. The predicted octanol–water partition coefficient (Wildman–Crippen LogP) is 2.37. The van der Waals surface area contributed by atoms with E-state index in [1.54, 1.807) is 0 Å². The second-order valence-electron chi connectivity index (χ2n) is 5.68. The van der Waals surface area contributed by atoms with Crippen LogP contribution in [0.3, 0.4) is 0 Å². The first kappa shape index (κ1) is 13.8. The van der Waals surface area contributed by atoms with Gasteiger partial charge >= 0.3 is 0 Å². The molecule has 0 spiro atoms. The normalized spacial score (nSPS) is 15.5. The largest absolute Gasteiger partial charge is 0.507 e. The Kier molecular flexibility index (Phi) is 2.72. The topological polar surface area (TPSA) is 86.6 Å². The molecule has 0 fully saturated rings. The molecule has 0 saturated heterocycles. The second kappa shape index (κ2) is 4.55. The highest BCUT2D eigenvalue weighted by Gasteiger charge is 2.39. The lowest BCUT2D eigenvalue weighted by Gasteiger charge is -2.26. The summed E-state index contributed by atoms with van der Waals surface area (Å²) in [7, 11) is 0. The number of nitrogens with one attached hydrogen (secondary N) is 1. The van der Waals surface area contributed by atoms with Crippen LogP contribution in [0.15, 0.2) is 18.2 Å². The summed E-state index contributed by atoms with van der Waals surface area (Å²) in [6.45, 7) is 0.616. The number of hydrogen-bond donors (Lipinski definition) is 3. The molecule has 0 bridgehead atoms. The highest BCUT2D eigenvalue weighted by molar-refractivity contribution is 6.32. The summed E-state index contributed by atoms with van der Waals surface area (Å²) in [6, 6.07) is 3.51. The summed E-state index contributed by atoms with van der Waals surface area (Å²) in [6.07, 6.45) is 1.41. The van der Waals surface area contributed by atoms with Crippen LogP contribution in [-0.4, -0.2) is 28.3 Å². The number of phenolic OH excluding ortho intramolecular Hbond substituents is 2. The van der Waals surface area contributed by atoms with Crippen LogP contribution < -0.4 is 5.32 Å². The van der Waals surface area contributed by atoms with Gasteiger partial charge < -0.3 is 15.5 Å². The van der Waals surface area contributed by atoms with E-state index in [0.717, 1.165) is 18.6 Å². The van der Waals surface area contributed by atoms with Gasteiger partial charge in [-0.25, -0.2) is 4.39 Å². The smallest absolute Gasteiger partial charge is 0.201 e. The number of aryl methyl sites for hydroxylation is 1. The Morgan fingerprint density at radius 3 is 2.22 bits per heavy atom. The van der Waals surface area contributed by atoms with Crippen LogP contribution in [0.2, 0.25) is 0 Å². The van der Waals surface area contributed by atoms with Crippen molar-refractivity contribution in [2.24, 2.45) is 0 Å². The predicted molar refractivity (Wildman–Crippen MR) is 79.8 cm³/mol. The SMILES string of the molecule is O=C1c2c(O)ccc(O)c2C(=O)c2c3c(cc(F)c21)CCCN3. The van der Waals surface area contributed by atoms with Crippen molar-refractivity contribution in [1.29, 1.82) is 0 Å². The van der Waals surface area contributed by atoms with E-state index < -0.39 is 28.9 Å². The van der Waals surface area contributed by atoms with Crippen molar-refractivity contribution >= 4 is 17.3 Å². The van der Waals surface area contributed by atoms with Gasteiger partial charge in [-0.3, -0.25) is 9.59 Å². The number of phenols is 2. The van der Waals surface area contributed by atoms with E-state index in [4.69, 9.17) is 0 Å². The maximum Gasteiger partial charge on any atom is 0.201 e. The zero-order valence-corrected chi connectivity index (χ0v) is 11.9. The zero-order valence-electron chi connectivity index (χ0n) is 11.9. The van der Waals surface area contributed by atoms with E-state index in [2.05, 4.69) is 5.32 Å². The fourth-order valence-corrected chi connectivity index (χ4v) is 3.33. The Labute approximate surface area is 130 Å². The molecule has 5 nitrogen and oxygen atoms in total. The van der Waals surface area contributed by atoms with Crippen LogP contribution >= 0.6 is 0 Å². The summed E-state index contributed by atoms with van der Waals surface area (Å²) in [5.41, 5.74) is 0.0469. The van der Waals surface area contributed by atoms with Crippen LogP contribution in [0, 0.1) is 5.82 Å². The average molecular weight is 313 g/mol. The summed E-state index contributed by atoms with van der Waals surface area (Å²) in [5, 5.41) is 22.9. The third-order valence-electron chi connectivity index (χ3n) is 4.36. The van der Waals surface area contributed by atoms with Gasteiger partial charge in [-0.15, -0.1) is 0 Å². The maximum absolute atomic E-state index is 14.5. The van der Waals surface area contributed by atoms with Crippen molar-refractivity contribution in [3.63, 3.8) is 0 Å². The molecular formula is C17H12FNO4. The molecule has 1 heterocycles. The van der Waals surface area contributed by atoms with Crippen molar-refractivity contribution in [2.75, 3.05) is 11.9 Å². The van der Waals surface area contributed by atoms with Crippen LogP contribution in [0.4, 0.5) is 10.1 Å². The molecule has 0 amide bonds. The number of ketones is 2. The van der Waals surface area contributed by atoms with Crippen molar-refractivity contribution in [3.8, 4) is 11.5 Å². The molecule has 0 atom stereocenters. The van der Waals surface area contributed by atoms with Gasteiger partial charge in [0.2, 0.25) is 11.6 Å². The number of benzene rings is 2. The lowest BCUT2D eigenvalue weighted by atomic mass is 9.80. The molecule has 0 aromatic heterocycles. The molecule has 6 heteroatoms. The lowest BCUT2D eigenvalue weighted by molar-refractivity contribution is 0.0971. The van der Waals surface area contributed by atoms with E-state index >= 15 is 0 Å². The van der Waals surface area contributed by atoms with Crippen molar-refractivity contribution < 1.29 is 24.2 Å². The molecule has 116 valence electrons. The van der Waals surface area contributed by atoms with Gasteiger partial charge in [0.15, 0.2) is 0 Å². The highest BCUT2D eigenvalue weighted by Crippen LogP contribution is 2.42. The molecule has 0 radical (unpaired) electrons. The quantitative estimate of drug-likeness (QED) is 0.555.